The first-order valence-electron chi connectivity index (χ1n) is 5.31. The predicted octanol–water partition coefficient (Wildman–Crippen LogP) is 3.03. The van der Waals surface area contributed by atoms with Crippen molar-refractivity contribution in [2.45, 2.75) is 6.54 Å². The monoisotopic (exact) mass is 342 g/mol. The van der Waals surface area contributed by atoms with Gasteiger partial charge in [-0.25, -0.2) is 4.98 Å². The maximum Gasteiger partial charge on any atom is 0.276 e. The van der Waals surface area contributed by atoms with Crippen LogP contribution in [-0.2, 0) is 6.54 Å². The lowest BCUT2D eigenvalue weighted by atomic mass is 10.3. The Balaban J connectivity index is 2.23. The Hall–Kier alpha value is -1.67. The Labute approximate surface area is 122 Å². The fourth-order valence-electron chi connectivity index (χ4n) is 1.61. The Morgan fingerprint density at radius 2 is 2.26 bits per heavy atom. The summed E-state index contributed by atoms with van der Waals surface area (Å²) in [5.41, 5.74) is 6.63. The van der Waals surface area contributed by atoms with E-state index in [1.165, 1.54) is 12.1 Å². The summed E-state index contributed by atoms with van der Waals surface area (Å²) in [6, 6.07) is 4.66. The van der Waals surface area contributed by atoms with Crippen LogP contribution in [-0.4, -0.2) is 17.0 Å². The average Bonchev–Trinajstić information content (AvgIpc) is 2.73. The Bertz CT molecular complexity index is 616. The summed E-state index contributed by atoms with van der Waals surface area (Å²) in [7, 11) is 1.82. The van der Waals surface area contributed by atoms with E-state index in [0.29, 0.717) is 12.4 Å². The van der Waals surface area contributed by atoms with Crippen LogP contribution in [0.5, 0.6) is 0 Å². The number of nitrogens with zero attached hydrogens (tertiary/aromatic N) is 3. The summed E-state index contributed by atoms with van der Waals surface area (Å²) >= 11 is 4.99. The molecule has 0 fully saturated rings. The molecule has 100 valence electrons. The molecule has 8 heteroatoms. The summed E-state index contributed by atoms with van der Waals surface area (Å²) in [5, 5.41) is 12.8. The van der Waals surface area contributed by atoms with E-state index in [1.807, 2.05) is 23.4 Å². The number of hydrogen-bond donors (Lipinski definition) is 1. The lowest BCUT2D eigenvalue weighted by molar-refractivity contribution is -0.384. The zero-order valence-electron chi connectivity index (χ0n) is 10.0. The largest absolute Gasteiger partial charge is 0.383 e. The van der Waals surface area contributed by atoms with Crippen LogP contribution in [0, 0.1) is 10.1 Å². The van der Waals surface area contributed by atoms with Crippen molar-refractivity contribution >= 4 is 44.6 Å². The van der Waals surface area contributed by atoms with Gasteiger partial charge in [0.05, 0.1) is 20.8 Å². The van der Waals surface area contributed by atoms with Crippen molar-refractivity contribution in [3.05, 3.63) is 43.0 Å². The molecule has 2 rings (SSSR count). The van der Waals surface area contributed by atoms with Gasteiger partial charge in [-0.15, -0.1) is 11.3 Å². The molecular weight excluding hydrogens is 332 g/mol. The van der Waals surface area contributed by atoms with Crippen molar-refractivity contribution in [3.8, 4) is 0 Å². The van der Waals surface area contributed by atoms with Crippen LogP contribution >= 0.6 is 27.3 Å². The number of halogens is 1. The Morgan fingerprint density at radius 1 is 1.53 bits per heavy atom. The molecule has 0 aliphatic heterocycles. The smallest absolute Gasteiger partial charge is 0.276 e. The summed E-state index contributed by atoms with van der Waals surface area (Å²) in [4.78, 5) is 16.2. The number of nitro groups is 1. The van der Waals surface area contributed by atoms with Crippen LogP contribution in [0.15, 0.2) is 27.4 Å². The Kier molecular flexibility index (Phi) is 4.01. The summed E-state index contributed by atoms with van der Waals surface area (Å²) < 4.78 is 1.04. The van der Waals surface area contributed by atoms with Gasteiger partial charge in [-0.2, -0.15) is 0 Å². The zero-order valence-corrected chi connectivity index (χ0v) is 12.4. The van der Waals surface area contributed by atoms with Crippen LogP contribution < -0.4 is 10.6 Å². The van der Waals surface area contributed by atoms with Gasteiger partial charge >= 0.3 is 0 Å². The van der Waals surface area contributed by atoms with Gasteiger partial charge in [-0.3, -0.25) is 10.1 Å². The van der Waals surface area contributed by atoms with E-state index in [9.17, 15) is 10.1 Å². The van der Waals surface area contributed by atoms with E-state index in [-0.39, 0.29) is 11.5 Å². The molecule has 2 aromatic rings. The number of aromatic nitrogens is 1. The molecule has 2 aromatic heterocycles. The first kappa shape index (κ1) is 13.8. The zero-order chi connectivity index (χ0) is 14.0. The second kappa shape index (κ2) is 5.54. The van der Waals surface area contributed by atoms with Gasteiger partial charge in [0.2, 0.25) is 0 Å². The topological polar surface area (TPSA) is 85.3 Å². The van der Waals surface area contributed by atoms with Gasteiger partial charge in [-0.05, 0) is 32.9 Å². The van der Waals surface area contributed by atoms with E-state index in [0.717, 1.165) is 9.35 Å². The first-order chi connectivity index (χ1) is 8.95. The van der Waals surface area contributed by atoms with Crippen LogP contribution in [0.25, 0.3) is 0 Å². The predicted molar refractivity (Wildman–Crippen MR) is 79.4 cm³/mol. The molecule has 0 radical (unpaired) electrons. The molecule has 0 aliphatic rings. The maximum atomic E-state index is 10.8. The fourth-order valence-corrected chi connectivity index (χ4v) is 2.81. The van der Waals surface area contributed by atoms with Gasteiger partial charge < -0.3 is 10.6 Å². The van der Waals surface area contributed by atoms with Crippen molar-refractivity contribution in [2.24, 2.45) is 0 Å². The molecule has 0 aliphatic carbocycles. The van der Waals surface area contributed by atoms with Gasteiger partial charge in [0.25, 0.3) is 5.69 Å². The van der Waals surface area contributed by atoms with E-state index in [1.54, 1.807) is 11.3 Å². The van der Waals surface area contributed by atoms with Crippen LogP contribution in [0.2, 0.25) is 0 Å². The third kappa shape index (κ3) is 3.42. The minimum atomic E-state index is -0.476. The molecule has 0 unspecified atom stereocenters. The maximum absolute atomic E-state index is 10.8. The number of rotatable bonds is 4. The van der Waals surface area contributed by atoms with Gasteiger partial charge in [-0.1, -0.05) is 0 Å². The first-order valence-corrected chi connectivity index (χ1v) is 6.99. The average molecular weight is 343 g/mol. The highest BCUT2D eigenvalue weighted by molar-refractivity contribution is 9.11. The van der Waals surface area contributed by atoms with E-state index >= 15 is 0 Å². The van der Waals surface area contributed by atoms with Crippen molar-refractivity contribution in [1.29, 1.82) is 0 Å². The van der Waals surface area contributed by atoms with Crippen molar-refractivity contribution in [1.82, 2.24) is 4.98 Å². The number of nitrogen functional groups attached to an aromatic ring is 1. The molecule has 19 heavy (non-hydrogen) atoms. The lowest BCUT2D eigenvalue weighted by Gasteiger charge is -2.17. The van der Waals surface area contributed by atoms with Crippen LogP contribution in [0.4, 0.5) is 17.3 Å². The molecule has 6 nitrogen and oxygen atoms in total. The lowest BCUT2D eigenvalue weighted by Crippen LogP contribution is -2.18. The van der Waals surface area contributed by atoms with E-state index in [2.05, 4.69) is 20.9 Å². The van der Waals surface area contributed by atoms with E-state index in [4.69, 9.17) is 5.73 Å². The fraction of sp³-hybridized carbons (Fsp3) is 0.182. The van der Waals surface area contributed by atoms with Crippen LogP contribution in [0.1, 0.15) is 5.56 Å². The molecule has 0 aromatic carbocycles. The van der Waals surface area contributed by atoms with Gasteiger partial charge in [0.15, 0.2) is 0 Å². The molecule has 0 amide bonds. The minimum absolute atomic E-state index is 0.0548. The van der Waals surface area contributed by atoms with Gasteiger partial charge in [0.1, 0.15) is 11.6 Å². The molecular formula is C11H11BrN4O2S. The van der Waals surface area contributed by atoms with E-state index < -0.39 is 4.92 Å². The van der Waals surface area contributed by atoms with Crippen molar-refractivity contribution < 1.29 is 4.92 Å². The molecule has 0 spiro atoms. The normalized spacial score (nSPS) is 10.4. The van der Waals surface area contributed by atoms with Crippen molar-refractivity contribution in [2.75, 3.05) is 17.7 Å². The SMILES string of the molecule is CN(Cc1csc(Br)c1)c1cc([N+](=O)[O-])cc(N)n1. The van der Waals surface area contributed by atoms with Gasteiger partial charge in [0, 0.05) is 13.6 Å². The highest BCUT2D eigenvalue weighted by atomic mass is 79.9. The number of thiophene rings is 1. The van der Waals surface area contributed by atoms with Crippen LogP contribution in [0.3, 0.4) is 0 Å². The second-order valence-electron chi connectivity index (χ2n) is 3.98. The molecule has 0 saturated carbocycles. The molecule has 0 saturated heterocycles. The summed E-state index contributed by atoms with van der Waals surface area (Å²) in [6.45, 7) is 0.607. The summed E-state index contributed by atoms with van der Waals surface area (Å²) in [5.74, 6) is 0.622. The third-order valence-corrected chi connectivity index (χ3v) is 4.01. The highest BCUT2D eigenvalue weighted by Gasteiger charge is 2.13. The third-order valence-electron chi connectivity index (χ3n) is 2.46. The molecule has 0 bridgehead atoms. The van der Waals surface area contributed by atoms with Crippen molar-refractivity contribution in [3.63, 3.8) is 0 Å². The number of nitrogens with two attached hydrogens (primary N) is 1. The Morgan fingerprint density at radius 3 is 2.84 bits per heavy atom. The highest BCUT2D eigenvalue weighted by Crippen LogP contribution is 2.25. The minimum Gasteiger partial charge on any atom is -0.383 e. The summed E-state index contributed by atoms with van der Waals surface area (Å²) in [6.07, 6.45) is 0. The number of pyridine rings is 1. The second-order valence-corrected chi connectivity index (χ2v) is 6.27. The standard InChI is InChI=1S/C11H11BrN4O2S/c1-15(5-7-2-9(12)19-6-7)11-4-8(16(17)18)3-10(13)14-11/h2-4,6H,5H2,1H3,(H2,13,14). The number of anilines is 2. The molecule has 0 atom stereocenters. The molecule has 2 heterocycles. The number of hydrogen-bond acceptors (Lipinski definition) is 6. The molecule has 2 N–H and O–H groups in total. The quantitative estimate of drug-likeness (QED) is 0.681.